The quantitative estimate of drug-likeness (QED) is 0.614. The third-order valence-corrected chi connectivity index (χ3v) is 4.01. The van der Waals surface area contributed by atoms with Crippen molar-refractivity contribution in [2.75, 3.05) is 0 Å². The molecule has 19 heavy (non-hydrogen) atoms. The minimum atomic E-state index is 0.726. The predicted octanol–water partition coefficient (Wildman–Crippen LogP) is 5.09. The molecule has 0 saturated heterocycles. The van der Waals surface area contributed by atoms with Crippen LogP contribution < -0.4 is 0 Å². The number of hydrogen-bond acceptors (Lipinski definition) is 1. The molecule has 1 nitrogen and oxygen atoms in total. The summed E-state index contributed by atoms with van der Waals surface area (Å²) >= 11 is 3.65. The fourth-order valence-electron chi connectivity index (χ4n) is 2.33. The highest BCUT2D eigenvalue weighted by Crippen LogP contribution is 2.44. The Morgan fingerprint density at radius 2 is 1.37 bits per heavy atom. The molecule has 0 spiro atoms. The normalized spacial score (nSPS) is 10.3. The molecule has 3 rings (SSSR count). The molecule has 0 radical (unpaired) electrons. The van der Waals surface area contributed by atoms with Crippen LogP contribution in [0.1, 0.15) is 5.56 Å². The van der Waals surface area contributed by atoms with E-state index in [0.717, 1.165) is 32.3 Å². The summed E-state index contributed by atoms with van der Waals surface area (Å²) in [5.74, 6) is 0. The molecule has 2 aliphatic rings. The molecule has 1 aromatic rings. The molecule has 2 aliphatic carbocycles. The summed E-state index contributed by atoms with van der Waals surface area (Å²) in [6.45, 7) is 0. The van der Waals surface area contributed by atoms with Crippen LogP contribution in [0.25, 0.3) is 22.3 Å². The number of fused-ring (bicyclic) bond motifs is 1. The Morgan fingerprint density at radius 1 is 0.789 bits per heavy atom. The van der Waals surface area contributed by atoms with Crippen molar-refractivity contribution in [2.45, 2.75) is 0 Å². The van der Waals surface area contributed by atoms with E-state index in [1.54, 1.807) is 0 Å². The topological polar surface area (TPSA) is 23.8 Å². The minimum absolute atomic E-state index is 0.726. The van der Waals surface area contributed by atoms with Crippen molar-refractivity contribution in [1.29, 1.82) is 5.26 Å². The van der Waals surface area contributed by atoms with Crippen molar-refractivity contribution >= 4 is 15.9 Å². The van der Waals surface area contributed by atoms with E-state index >= 15 is 0 Å². The highest BCUT2D eigenvalue weighted by Gasteiger charge is 2.21. The first-order valence-electron chi connectivity index (χ1n) is 5.98. The van der Waals surface area contributed by atoms with Gasteiger partial charge in [0, 0.05) is 15.6 Å². The number of rotatable bonds is 1. The lowest BCUT2D eigenvalue weighted by atomic mass is 10.0. The van der Waals surface area contributed by atoms with Gasteiger partial charge < -0.3 is 0 Å². The van der Waals surface area contributed by atoms with Gasteiger partial charge in [0.2, 0.25) is 0 Å². The maximum absolute atomic E-state index is 9.50. The van der Waals surface area contributed by atoms with Crippen LogP contribution in [0.5, 0.6) is 0 Å². The monoisotopic (exact) mass is 307 g/mol. The fourth-order valence-corrected chi connectivity index (χ4v) is 3.10. The van der Waals surface area contributed by atoms with Crippen LogP contribution in [0.2, 0.25) is 0 Å². The summed E-state index contributed by atoms with van der Waals surface area (Å²) in [5.41, 5.74) is 4.82. The van der Waals surface area contributed by atoms with E-state index in [9.17, 15) is 5.26 Å². The maximum Gasteiger partial charge on any atom is 0.100 e. The largest absolute Gasteiger partial charge is 0.192 e. The molecule has 0 atom stereocenters. The summed E-state index contributed by atoms with van der Waals surface area (Å²) in [6, 6.07) is 22.3. The van der Waals surface area contributed by atoms with Gasteiger partial charge in [0.25, 0.3) is 0 Å². The molecule has 0 bridgehead atoms. The van der Waals surface area contributed by atoms with Gasteiger partial charge in [-0.05, 0) is 27.1 Å². The standard InChI is InChI=1S/C17H10BrN/c18-17-14-10-6-2-5-9-13(14)15(11-19)16(17)12-7-3-1-4-8-12/h1-10H. The van der Waals surface area contributed by atoms with Crippen molar-refractivity contribution in [3.8, 4) is 28.3 Å². The van der Waals surface area contributed by atoms with Gasteiger partial charge in [0.05, 0.1) is 5.56 Å². The lowest BCUT2D eigenvalue weighted by Gasteiger charge is -2.00. The van der Waals surface area contributed by atoms with Crippen molar-refractivity contribution in [2.24, 2.45) is 0 Å². The van der Waals surface area contributed by atoms with Gasteiger partial charge in [-0.1, -0.05) is 60.7 Å². The number of halogens is 1. The predicted molar refractivity (Wildman–Crippen MR) is 80.9 cm³/mol. The highest BCUT2D eigenvalue weighted by atomic mass is 79.9. The van der Waals surface area contributed by atoms with Crippen molar-refractivity contribution in [1.82, 2.24) is 0 Å². The fraction of sp³-hybridized carbons (Fsp3) is 0. The van der Waals surface area contributed by atoms with Gasteiger partial charge in [0.15, 0.2) is 0 Å². The second kappa shape index (κ2) is 4.87. The van der Waals surface area contributed by atoms with E-state index in [0.29, 0.717) is 0 Å². The SMILES string of the molecule is N#Cc1c2cccccc-2c(Br)c1-c1ccccc1. The number of nitriles is 1. The second-order valence-corrected chi connectivity index (χ2v) is 5.07. The summed E-state index contributed by atoms with van der Waals surface area (Å²) in [7, 11) is 0. The van der Waals surface area contributed by atoms with E-state index in [1.165, 1.54) is 0 Å². The van der Waals surface area contributed by atoms with Crippen LogP contribution in [0.4, 0.5) is 0 Å². The summed E-state index contributed by atoms with van der Waals surface area (Å²) in [5, 5.41) is 9.50. The average Bonchev–Trinajstić information content (AvgIpc) is 2.61. The lowest BCUT2D eigenvalue weighted by molar-refractivity contribution is 1.50. The molecule has 0 aromatic heterocycles. The number of nitrogens with zero attached hydrogens (tertiary/aromatic N) is 1. The van der Waals surface area contributed by atoms with Crippen LogP contribution >= 0.6 is 15.9 Å². The zero-order chi connectivity index (χ0) is 13.2. The Balaban J connectivity index is 2.41. The molecule has 90 valence electrons. The molecule has 0 heterocycles. The summed E-state index contributed by atoms with van der Waals surface area (Å²) in [4.78, 5) is 0. The highest BCUT2D eigenvalue weighted by molar-refractivity contribution is 9.10. The van der Waals surface area contributed by atoms with Gasteiger partial charge in [-0.2, -0.15) is 5.26 Å². The Labute approximate surface area is 120 Å². The molecule has 0 saturated carbocycles. The number of hydrogen-bond donors (Lipinski definition) is 0. The first-order valence-corrected chi connectivity index (χ1v) is 6.78. The number of benzene rings is 1. The second-order valence-electron chi connectivity index (χ2n) is 4.28. The Kier molecular flexibility index (Phi) is 3.06. The van der Waals surface area contributed by atoms with Crippen LogP contribution in [-0.4, -0.2) is 0 Å². The molecule has 0 unspecified atom stereocenters. The molecule has 0 aliphatic heterocycles. The lowest BCUT2D eigenvalue weighted by Crippen LogP contribution is -1.79. The van der Waals surface area contributed by atoms with Crippen LogP contribution in [0.3, 0.4) is 0 Å². The van der Waals surface area contributed by atoms with E-state index in [2.05, 4.69) is 22.0 Å². The smallest absolute Gasteiger partial charge is 0.100 e. The third kappa shape index (κ3) is 1.93. The molecule has 1 aromatic carbocycles. The average molecular weight is 308 g/mol. The van der Waals surface area contributed by atoms with Gasteiger partial charge in [-0.15, -0.1) is 0 Å². The first kappa shape index (κ1) is 12.0. The third-order valence-electron chi connectivity index (χ3n) is 3.19. The van der Waals surface area contributed by atoms with E-state index in [-0.39, 0.29) is 0 Å². The van der Waals surface area contributed by atoms with Gasteiger partial charge in [-0.25, -0.2) is 0 Å². The molecule has 0 N–H and O–H groups in total. The molecular formula is C17H10BrN. The van der Waals surface area contributed by atoms with E-state index in [4.69, 9.17) is 0 Å². The Bertz CT molecular complexity index is 741. The maximum atomic E-state index is 9.50. The molecule has 0 amide bonds. The summed E-state index contributed by atoms with van der Waals surface area (Å²) < 4.78 is 0.987. The van der Waals surface area contributed by atoms with Gasteiger partial charge in [0.1, 0.15) is 6.07 Å². The summed E-state index contributed by atoms with van der Waals surface area (Å²) in [6.07, 6.45) is 0. The van der Waals surface area contributed by atoms with Crippen LogP contribution in [0.15, 0.2) is 65.1 Å². The Hall–Kier alpha value is -2.11. The van der Waals surface area contributed by atoms with Crippen molar-refractivity contribution in [3.63, 3.8) is 0 Å². The van der Waals surface area contributed by atoms with E-state index < -0.39 is 0 Å². The first-order chi connectivity index (χ1) is 9.33. The van der Waals surface area contributed by atoms with Crippen LogP contribution in [-0.2, 0) is 0 Å². The zero-order valence-electron chi connectivity index (χ0n) is 10.1. The van der Waals surface area contributed by atoms with Crippen molar-refractivity contribution < 1.29 is 0 Å². The van der Waals surface area contributed by atoms with Crippen molar-refractivity contribution in [3.05, 3.63) is 70.7 Å². The Morgan fingerprint density at radius 3 is 2.00 bits per heavy atom. The molecule has 2 heteroatoms. The van der Waals surface area contributed by atoms with Gasteiger partial charge in [-0.3, -0.25) is 0 Å². The van der Waals surface area contributed by atoms with Crippen LogP contribution in [0, 0.1) is 11.3 Å². The molecule has 0 fully saturated rings. The minimum Gasteiger partial charge on any atom is -0.192 e. The van der Waals surface area contributed by atoms with Gasteiger partial charge >= 0.3 is 0 Å². The molecular weight excluding hydrogens is 298 g/mol. The van der Waals surface area contributed by atoms with E-state index in [1.807, 2.05) is 60.7 Å². The zero-order valence-corrected chi connectivity index (χ0v) is 11.7.